The van der Waals surface area contributed by atoms with E-state index in [4.69, 9.17) is 0 Å². The van der Waals surface area contributed by atoms with Crippen LogP contribution in [0.5, 0.6) is 0 Å². The van der Waals surface area contributed by atoms with Crippen molar-refractivity contribution in [3.63, 3.8) is 0 Å². The van der Waals surface area contributed by atoms with Gasteiger partial charge in [0.25, 0.3) is 0 Å². The highest BCUT2D eigenvalue weighted by atomic mass is 32.2. The maximum absolute atomic E-state index is 11.3. The molecule has 26 heavy (non-hydrogen) atoms. The minimum Gasteiger partial charge on any atom is -0.206 e. The van der Waals surface area contributed by atoms with Crippen LogP contribution in [0.15, 0.2) is 46.6 Å². The lowest BCUT2D eigenvalue weighted by atomic mass is 10.00. The first-order valence-electron chi connectivity index (χ1n) is 7.93. The molecule has 0 atom stereocenters. The van der Waals surface area contributed by atoms with Crippen LogP contribution in [-0.4, -0.2) is 40.8 Å². The summed E-state index contributed by atoms with van der Waals surface area (Å²) in [6.07, 6.45) is 7.78. The summed E-state index contributed by atoms with van der Waals surface area (Å²) in [5.41, 5.74) is 3.30. The quantitative estimate of drug-likeness (QED) is 0.734. The molecule has 8 nitrogen and oxygen atoms in total. The van der Waals surface area contributed by atoms with E-state index in [0.717, 1.165) is 23.6 Å². The van der Waals surface area contributed by atoms with Crippen LogP contribution in [0.25, 0.3) is 0 Å². The molecule has 1 aromatic carbocycles. The zero-order chi connectivity index (χ0) is 19.2. The normalized spacial score (nSPS) is 20.4. The zero-order valence-corrected chi connectivity index (χ0v) is 16.3. The molecule has 0 heterocycles. The van der Waals surface area contributed by atoms with Gasteiger partial charge in [0.1, 0.15) is 0 Å². The Morgan fingerprint density at radius 2 is 1.04 bits per heavy atom. The monoisotopic (exact) mass is 398 g/mol. The fraction of sp³-hybridized carbons (Fsp3) is 0.375. The van der Waals surface area contributed by atoms with E-state index >= 15 is 0 Å². The molecular formula is C16H22N4O4S2. The zero-order valence-electron chi connectivity index (χ0n) is 14.6. The molecule has 2 bridgehead atoms. The Morgan fingerprint density at radius 3 is 1.35 bits per heavy atom. The molecule has 0 amide bonds. The number of hydrazone groups is 2. The van der Waals surface area contributed by atoms with Crippen LogP contribution in [0.3, 0.4) is 0 Å². The van der Waals surface area contributed by atoms with Crippen molar-refractivity contribution in [3.8, 4) is 0 Å². The lowest BCUT2D eigenvalue weighted by Crippen LogP contribution is -2.19. The van der Waals surface area contributed by atoms with Gasteiger partial charge in [-0.3, -0.25) is 0 Å². The van der Waals surface area contributed by atoms with Crippen molar-refractivity contribution in [2.75, 3.05) is 12.5 Å². The number of fused-ring (bicyclic) bond motifs is 8. The van der Waals surface area contributed by atoms with Crippen LogP contribution in [-0.2, 0) is 32.9 Å². The van der Waals surface area contributed by atoms with Gasteiger partial charge in [-0.05, 0) is 49.0 Å². The summed E-state index contributed by atoms with van der Waals surface area (Å²) >= 11 is 0. The Kier molecular flexibility index (Phi) is 6.54. The van der Waals surface area contributed by atoms with E-state index < -0.39 is 20.0 Å². The lowest BCUT2D eigenvalue weighted by Gasteiger charge is -2.09. The fourth-order valence-corrected chi connectivity index (χ4v) is 2.81. The third-order valence-corrected chi connectivity index (χ3v) is 4.39. The van der Waals surface area contributed by atoms with Crippen molar-refractivity contribution in [2.24, 2.45) is 10.2 Å². The molecule has 0 aliphatic heterocycles. The predicted molar refractivity (Wildman–Crippen MR) is 103 cm³/mol. The molecule has 0 unspecified atom stereocenters. The van der Waals surface area contributed by atoms with Crippen molar-refractivity contribution in [2.45, 2.75) is 25.7 Å². The average molecular weight is 399 g/mol. The van der Waals surface area contributed by atoms with E-state index in [-0.39, 0.29) is 0 Å². The van der Waals surface area contributed by atoms with E-state index in [1.807, 2.05) is 24.3 Å². The van der Waals surface area contributed by atoms with Crippen molar-refractivity contribution in [1.29, 1.82) is 0 Å². The minimum atomic E-state index is -3.46. The highest BCUT2D eigenvalue weighted by molar-refractivity contribution is 7.88. The Labute approximate surface area is 154 Å². The molecule has 0 saturated carbocycles. The molecule has 0 fully saturated rings. The highest BCUT2D eigenvalue weighted by Gasteiger charge is 2.06. The number of benzene rings is 1. The Balaban J connectivity index is 2.33. The lowest BCUT2D eigenvalue weighted by molar-refractivity contribution is 0.588. The molecule has 1 aromatic rings. The van der Waals surface area contributed by atoms with Gasteiger partial charge in [-0.15, -0.1) is 0 Å². The number of nitrogens with one attached hydrogen (secondary N) is 2. The number of hydrogen-bond acceptors (Lipinski definition) is 6. The van der Waals surface area contributed by atoms with Gasteiger partial charge < -0.3 is 0 Å². The van der Waals surface area contributed by atoms with Gasteiger partial charge >= 0.3 is 0 Å². The van der Waals surface area contributed by atoms with Gasteiger partial charge in [-0.2, -0.15) is 10.2 Å². The summed E-state index contributed by atoms with van der Waals surface area (Å²) in [5.74, 6) is 0. The first kappa shape index (κ1) is 20.1. The predicted octanol–water partition coefficient (Wildman–Crippen LogP) is 0.932. The van der Waals surface area contributed by atoms with Crippen molar-refractivity contribution in [1.82, 2.24) is 9.66 Å². The standard InChI is InChI=1S/C16H22N4O4S2/c1-25(21,22)19-17-15-9-7-13-3-5-14(6-4-13)8-10-16(12-11-15)18-20-26(2,23)24/h3-6,11-12,19-20H,7-10H2,1-2H3/b12-11-,17-15-,18-16+. The summed E-state index contributed by atoms with van der Waals surface area (Å²) in [5, 5.41) is 7.88. The van der Waals surface area contributed by atoms with Crippen molar-refractivity contribution in [3.05, 3.63) is 47.5 Å². The summed E-state index contributed by atoms with van der Waals surface area (Å²) in [4.78, 5) is 4.25. The van der Waals surface area contributed by atoms with Crippen LogP contribution < -0.4 is 9.66 Å². The maximum Gasteiger partial charge on any atom is 0.244 e. The van der Waals surface area contributed by atoms with E-state index in [1.54, 1.807) is 12.2 Å². The van der Waals surface area contributed by atoms with Gasteiger partial charge in [-0.25, -0.2) is 26.5 Å². The SMILES string of the molecule is CS(=O)(=O)N\N=C1/C=C\C(=N\NS(C)(=O)=O)CCc2ccc(cc2)CC1. The first-order valence-corrected chi connectivity index (χ1v) is 11.7. The molecule has 10 heteroatoms. The molecule has 2 aliphatic carbocycles. The second-order valence-corrected chi connectivity index (χ2v) is 9.54. The molecule has 142 valence electrons. The van der Waals surface area contributed by atoms with Crippen molar-refractivity contribution < 1.29 is 16.8 Å². The summed E-state index contributed by atoms with van der Waals surface area (Å²) < 4.78 is 45.1. The Hall–Kier alpha value is -2.20. The number of rotatable bonds is 4. The third-order valence-electron chi connectivity index (χ3n) is 3.54. The van der Waals surface area contributed by atoms with Crippen LogP contribution in [0.1, 0.15) is 24.0 Å². The average Bonchev–Trinajstić information content (AvgIpc) is 2.53. The summed E-state index contributed by atoms with van der Waals surface area (Å²) in [6.45, 7) is 0. The van der Waals surface area contributed by atoms with E-state index in [9.17, 15) is 16.8 Å². The van der Waals surface area contributed by atoms with Crippen LogP contribution >= 0.6 is 0 Å². The largest absolute Gasteiger partial charge is 0.244 e. The molecule has 3 rings (SSSR count). The number of sulfonamides is 2. The first-order chi connectivity index (χ1) is 12.1. The number of nitrogens with zero attached hydrogens (tertiary/aromatic N) is 2. The second-order valence-electron chi connectivity index (χ2n) is 6.08. The Bertz CT molecular complexity index is 854. The summed E-state index contributed by atoms with van der Waals surface area (Å²) in [7, 11) is -6.92. The molecule has 0 radical (unpaired) electrons. The number of allylic oxidation sites excluding steroid dienone is 2. The Morgan fingerprint density at radius 1 is 0.692 bits per heavy atom. The molecule has 2 N–H and O–H groups in total. The molecule has 0 saturated heterocycles. The highest BCUT2D eigenvalue weighted by Crippen LogP contribution is 2.12. The van der Waals surface area contributed by atoms with E-state index in [0.29, 0.717) is 37.1 Å². The number of hydrogen-bond donors (Lipinski definition) is 2. The van der Waals surface area contributed by atoms with Gasteiger partial charge in [0, 0.05) is 0 Å². The van der Waals surface area contributed by atoms with Gasteiger partial charge in [0.2, 0.25) is 20.0 Å². The van der Waals surface area contributed by atoms with Crippen LogP contribution in [0, 0.1) is 0 Å². The molecule has 2 aliphatic rings. The minimum absolute atomic E-state index is 0.519. The van der Waals surface area contributed by atoms with Gasteiger partial charge in [-0.1, -0.05) is 24.3 Å². The molecule has 0 spiro atoms. The summed E-state index contributed by atoms with van der Waals surface area (Å²) in [6, 6.07) is 8.09. The topological polar surface area (TPSA) is 117 Å². The maximum atomic E-state index is 11.3. The second kappa shape index (κ2) is 8.45. The van der Waals surface area contributed by atoms with E-state index in [2.05, 4.69) is 19.9 Å². The van der Waals surface area contributed by atoms with E-state index in [1.165, 1.54) is 0 Å². The molecule has 0 aromatic heterocycles. The van der Waals surface area contributed by atoms with Crippen molar-refractivity contribution >= 4 is 31.5 Å². The molecular weight excluding hydrogens is 376 g/mol. The van der Waals surface area contributed by atoms with Crippen LogP contribution in [0.2, 0.25) is 0 Å². The smallest absolute Gasteiger partial charge is 0.206 e. The van der Waals surface area contributed by atoms with Gasteiger partial charge in [0.15, 0.2) is 0 Å². The third kappa shape index (κ3) is 7.79. The van der Waals surface area contributed by atoms with Crippen LogP contribution in [0.4, 0.5) is 0 Å². The fourth-order valence-electron chi connectivity index (χ4n) is 2.25. The van der Waals surface area contributed by atoms with Gasteiger partial charge in [0.05, 0.1) is 23.9 Å². The number of aryl methyl sites for hydroxylation is 2.